The van der Waals surface area contributed by atoms with Gasteiger partial charge in [0.1, 0.15) is 0 Å². The van der Waals surface area contributed by atoms with E-state index in [2.05, 4.69) is 110 Å². The number of para-hydroxylation sites is 5. The van der Waals surface area contributed by atoms with E-state index in [-0.39, 0.29) is 0 Å². The summed E-state index contributed by atoms with van der Waals surface area (Å²) in [5.41, 5.74) is 9.75. The van der Waals surface area contributed by atoms with E-state index in [0.717, 1.165) is 60.5 Å². The Hall–Kier alpha value is -6.95. The van der Waals surface area contributed by atoms with Gasteiger partial charge in [-0.3, -0.25) is 4.98 Å². The van der Waals surface area contributed by atoms with Gasteiger partial charge in [-0.15, -0.1) is 0 Å². The average Bonchev–Trinajstić information content (AvgIpc) is 3.67. The predicted molar refractivity (Wildman–Crippen MR) is 196 cm³/mol. The Bertz CT molecular complexity index is 2710. The van der Waals surface area contributed by atoms with Crippen molar-refractivity contribution in [3.63, 3.8) is 0 Å². The van der Waals surface area contributed by atoms with Gasteiger partial charge in [-0.2, -0.15) is 0 Å². The molecule has 3 aromatic heterocycles. The fraction of sp³-hybridized carbons (Fsp3) is 0. The molecule has 0 bridgehead atoms. The maximum atomic E-state index is 8.57. The highest BCUT2D eigenvalue weighted by Gasteiger charge is 2.23. The first-order valence-corrected chi connectivity index (χ1v) is 15.7. The van der Waals surface area contributed by atoms with Gasteiger partial charge in [0.25, 0.3) is 0 Å². The van der Waals surface area contributed by atoms with Crippen LogP contribution in [0, 0.1) is 13.1 Å². The molecule has 0 fully saturated rings. The molecule has 9 aromatic rings. The van der Waals surface area contributed by atoms with Gasteiger partial charge in [-0.25, -0.2) is 9.69 Å². The Balaban J connectivity index is 1.34. The molecule has 0 aliphatic rings. The molecule has 6 aromatic carbocycles. The van der Waals surface area contributed by atoms with Gasteiger partial charge in [0.05, 0.1) is 46.6 Å². The Kier molecular flexibility index (Phi) is 6.18. The Morgan fingerprint density at radius 1 is 0.438 bits per heavy atom. The molecule has 222 valence electrons. The number of hydrogen-bond donors (Lipinski definition) is 0. The molecule has 5 heteroatoms. The topological polar surface area (TPSA) is 31.5 Å². The van der Waals surface area contributed by atoms with Crippen molar-refractivity contribution in [1.82, 2.24) is 14.1 Å². The monoisotopic (exact) mass is 611 g/mol. The quantitative estimate of drug-likeness (QED) is 0.182. The summed E-state index contributed by atoms with van der Waals surface area (Å²) in [5.74, 6) is 0. The molecular weight excluding hydrogens is 587 g/mol. The second-order valence-corrected chi connectivity index (χ2v) is 11.7. The molecule has 0 N–H and O–H groups in total. The lowest BCUT2D eigenvalue weighted by molar-refractivity contribution is 1.15. The van der Waals surface area contributed by atoms with Gasteiger partial charge in [-0.1, -0.05) is 103 Å². The van der Waals surface area contributed by atoms with E-state index < -0.39 is 0 Å². The standard InChI is InChI=1S/C43H25N5/c1-44-34-20-12-25-39(47-35-21-7-3-14-28(35)29-15-4-8-22-36(29)47)41(34)32-18-11-19-33(42(32)45-2)43-40(26-13-27-46-43)48-37-23-9-5-16-30(37)31-17-6-10-24-38(31)48/h3-27H. The van der Waals surface area contributed by atoms with Crippen LogP contribution in [0.25, 0.3) is 87.1 Å². The number of pyridine rings is 1. The first-order chi connectivity index (χ1) is 23.8. The van der Waals surface area contributed by atoms with Crippen LogP contribution in [-0.2, 0) is 0 Å². The SMILES string of the molecule is [C-]#[N+]c1cccc(-n2c3ccccc3c3ccccc32)c1-c1cccc(-c2ncccc2-n2c3ccccc3c3ccccc32)c1[N+]#[C-]. The molecule has 0 saturated carbocycles. The zero-order chi connectivity index (χ0) is 32.2. The zero-order valence-corrected chi connectivity index (χ0v) is 25.7. The van der Waals surface area contributed by atoms with E-state index in [1.54, 1.807) is 6.20 Å². The molecule has 5 nitrogen and oxygen atoms in total. The largest absolute Gasteiger partial charge is 0.310 e. The van der Waals surface area contributed by atoms with E-state index >= 15 is 0 Å². The van der Waals surface area contributed by atoms with Gasteiger partial charge in [0, 0.05) is 44.6 Å². The minimum atomic E-state index is 0.455. The summed E-state index contributed by atoms with van der Waals surface area (Å²) in [6, 6.07) is 49.2. The second-order valence-electron chi connectivity index (χ2n) is 11.7. The first kappa shape index (κ1) is 27.4. The minimum absolute atomic E-state index is 0.455. The second kappa shape index (κ2) is 10.8. The Morgan fingerprint density at radius 3 is 1.46 bits per heavy atom. The maximum absolute atomic E-state index is 8.57. The summed E-state index contributed by atoms with van der Waals surface area (Å²) in [7, 11) is 0. The minimum Gasteiger partial charge on any atom is -0.310 e. The lowest BCUT2D eigenvalue weighted by atomic mass is 9.95. The third kappa shape index (κ3) is 3.92. The Morgan fingerprint density at radius 2 is 0.917 bits per heavy atom. The molecule has 0 aliphatic heterocycles. The summed E-state index contributed by atoms with van der Waals surface area (Å²) in [6.07, 6.45) is 1.78. The number of nitrogens with zero attached hydrogens (tertiary/aromatic N) is 5. The van der Waals surface area contributed by atoms with E-state index in [4.69, 9.17) is 18.1 Å². The zero-order valence-electron chi connectivity index (χ0n) is 25.7. The van der Waals surface area contributed by atoms with Crippen LogP contribution in [0.15, 0.2) is 152 Å². The van der Waals surface area contributed by atoms with E-state index in [9.17, 15) is 0 Å². The van der Waals surface area contributed by atoms with Crippen molar-refractivity contribution in [3.8, 4) is 33.8 Å². The summed E-state index contributed by atoms with van der Waals surface area (Å²) in [4.78, 5) is 13.1. The van der Waals surface area contributed by atoms with Crippen molar-refractivity contribution in [2.24, 2.45) is 0 Å². The van der Waals surface area contributed by atoms with E-state index in [1.807, 2.05) is 54.6 Å². The normalized spacial score (nSPS) is 11.3. The third-order valence-electron chi connectivity index (χ3n) is 9.24. The highest BCUT2D eigenvalue weighted by Crippen LogP contribution is 2.47. The molecule has 0 atom stereocenters. The summed E-state index contributed by atoms with van der Waals surface area (Å²) >= 11 is 0. The van der Waals surface area contributed by atoms with Crippen molar-refractivity contribution in [2.45, 2.75) is 0 Å². The summed E-state index contributed by atoms with van der Waals surface area (Å²) in [6.45, 7) is 16.8. The third-order valence-corrected chi connectivity index (χ3v) is 9.24. The molecule has 48 heavy (non-hydrogen) atoms. The molecule has 0 amide bonds. The number of hydrogen-bond acceptors (Lipinski definition) is 1. The first-order valence-electron chi connectivity index (χ1n) is 15.7. The summed E-state index contributed by atoms with van der Waals surface area (Å²) in [5, 5.41) is 4.58. The maximum Gasteiger partial charge on any atom is 0.202 e. The molecular formula is C43H25N5. The smallest absolute Gasteiger partial charge is 0.202 e. The van der Waals surface area contributed by atoms with Crippen LogP contribution in [0.5, 0.6) is 0 Å². The van der Waals surface area contributed by atoms with Crippen LogP contribution in [0.3, 0.4) is 0 Å². The van der Waals surface area contributed by atoms with Crippen molar-refractivity contribution < 1.29 is 0 Å². The highest BCUT2D eigenvalue weighted by atomic mass is 15.0. The number of fused-ring (bicyclic) bond motifs is 6. The van der Waals surface area contributed by atoms with Crippen LogP contribution in [0.4, 0.5) is 11.4 Å². The summed E-state index contributed by atoms with van der Waals surface area (Å²) < 4.78 is 4.46. The number of aromatic nitrogens is 3. The molecule has 0 saturated heterocycles. The molecule has 9 rings (SSSR count). The van der Waals surface area contributed by atoms with Crippen LogP contribution < -0.4 is 0 Å². The Labute approximate surface area is 276 Å². The van der Waals surface area contributed by atoms with Crippen molar-refractivity contribution >= 4 is 55.0 Å². The van der Waals surface area contributed by atoms with Crippen molar-refractivity contribution in [1.29, 1.82) is 0 Å². The average molecular weight is 612 g/mol. The van der Waals surface area contributed by atoms with Gasteiger partial charge >= 0.3 is 0 Å². The van der Waals surface area contributed by atoms with Crippen LogP contribution in [0.1, 0.15) is 0 Å². The number of benzene rings is 6. The van der Waals surface area contributed by atoms with Gasteiger partial charge in [0.2, 0.25) is 5.69 Å². The lowest BCUT2D eigenvalue weighted by Gasteiger charge is -2.19. The number of rotatable bonds is 4. The van der Waals surface area contributed by atoms with Crippen LogP contribution in [-0.4, -0.2) is 14.1 Å². The van der Waals surface area contributed by atoms with Gasteiger partial charge < -0.3 is 9.13 Å². The van der Waals surface area contributed by atoms with Crippen molar-refractivity contribution in [2.75, 3.05) is 0 Å². The van der Waals surface area contributed by atoms with Gasteiger partial charge in [-0.05, 0) is 48.0 Å². The van der Waals surface area contributed by atoms with E-state index in [1.165, 1.54) is 0 Å². The van der Waals surface area contributed by atoms with E-state index in [0.29, 0.717) is 28.2 Å². The van der Waals surface area contributed by atoms with Crippen LogP contribution >= 0.6 is 0 Å². The molecule has 0 unspecified atom stereocenters. The van der Waals surface area contributed by atoms with Crippen LogP contribution in [0.2, 0.25) is 0 Å². The molecule has 0 radical (unpaired) electrons. The lowest BCUT2D eigenvalue weighted by Crippen LogP contribution is -2.00. The molecule has 0 aliphatic carbocycles. The molecule has 0 spiro atoms. The molecule has 3 heterocycles. The highest BCUT2D eigenvalue weighted by molar-refractivity contribution is 6.12. The van der Waals surface area contributed by atoms with Gasteiger partial charge in [0.15, 0.2) is 5.69 Å². The predicted octanol–water partition coefficient (Wildman–Crippen LogP) is 11.7. The fourth-order valence-electron chi connectivity index (χ4n) is 7.29. The van der Waals surface area contributed by atoms with Crippen molar-refractivity contribution in [3.05, 3.63) is 175 Å². The fourth-order valence-corrected chi connectivity index (χ4v) is 7.29.